The van der Waals surface area contributed by atoms with Crippen LogP contribution in [-0.4, -0.2) is 37.8 Å². The molecule has 0 saturated heterocycles. The van der Waals surface area contributed by atoms with Crippen LogP contribution in [-0.2, 0) is 0 Å². The van der Waals surface area contributed by atoms with Crippen LogP contribution in [0.1, 0.15) is 5.56 Å². The quantitative estimate of drug-likeness (QED) is 0.360. The van der Waals surface area contributed by atoms with E-state index in [9.17, 15) is 5.11 Å². The van der Waals surface area contributed by atoms with Crippen molar-refractivity contribution < 1.29 is 19.3 Å². The standard InChI is InChI=1S/C17H18BrN3O4S/c1-23-13-5-4-11(8-14(13)24-2)20-17(26)21-19-9-10-6-12(18)16(22)15(7-10)25-3/h4-9,22H,1-3H3,(H2,20,21,26)/b19-9+. The molecule has 2 aromatic rings. The summed E-state index contributed by atoms with van der Waals surface area (Å²) in [5.41, 5.74) is 4.16. The molecule has 2 aromatic carbocycles. The lowest BCUT2D eigenvalue weighted by Crippen LogP contribution is -2.23. The van der Waals surface area contributed by atoms with Crippen LogP contribution in [0.15, 0.2) is 39.9 Å². The third-order valence-corrected chi connectivity index (χ3v) is 4.09. The zero-order valence-electron chi connectivity index (χ0n) is 14.4. The molecule has 7 nitrogen and oxygen atoms in total. The Morgan fingerprint density at radius 1 is 1.08 bits per heavy atom. The fourth-order valence-electron chi connectivity index (χ4n) is 2.06. The number of hydrazone groups is 1. The molecule has 0 unspecified atom stereocenters. The second-order valence-electron chi connectivity index (χ2n) is 4.95. The third kappa shape index (κ3) is 4.99. The van der Waals surface area contributed by atoms with E-state index < -0.39 is 0 Å². The van der Waals surface area contributed by atoms with Gasteiger partial charge in [0.1, 0.15) is 0 Å². The van der Waals surface area contributed by atoms with Crippen molar-refractivity contribution in [2.75, 3.05) is 26.6 Å². The number of phenols is 1. The van der Waals surface area contributed by atoms with Gasteiger partial charge in [-0.3, -0.25) is 5.43 Å². The summed E-state index contributed by atoms with van der Waals surface area (Å²) in [7, 11) is 4.61. The maximum atomic E-state index is 9.80. The molecule has 0 aliphatic rings. The second-order valence-corrected chi connectivity index (χ2v) is 6.21. The van der Waals surface area contributed by atoms with Crippen molar-refractivity contribution >= 4 is 45.2 Å². The first-order valence-corrected chi connectivity index (χ1v) is 8.57. The summed E-state index contributed by atoms with van der Waals surface area (Å²) in [6.07, 6.45) is 1.55. The summed E-state index contributed by atoms with van der Waals surface area (Å²) in [6.45, 7) is 0. The summed E-state index contributed by atoms with van der Waals surface area (Å²) >= 11 is 8.46. The van der Waals surface area contributed by atoms with Gasteiger partial charge < -0.3 is 24.6 Å². The zero-order chi connectivity index (χ0) is 19.1. The molecule has 0 bridgehead atoms. The third-order valence-electron chi connectivity index (χ3n) is 3.29. The van der Waals surface area contributed by atoms with Crippen molar-refractivity contribution in [3.8, 4) is 23.0 Å². The summed E-state index contributed by atoms with van der Waals surface area (Å²) in [5, 5.41) is 17.2. The van der Waals surface area contributed by atoms with Gasteiger partial charge in [-0.05, 0) is 58.0 Å². The Morgan fingerprint density at radius 3 is 2.42 bits per heavy atom. The van der Waals surface area contributed by atoms with E-state index in [2.05, 4.69) is 31.8 Å². The smallest absolute Gasteiger partial charge is 0.191 e. The van der Waals surface area contributed by atoms with E-state index in [1.165, 1.54) is 7.11 Å². The Kier molecular flexibility index (Phi) is 7.05. The maximum absolute atomic E-state index is 9.80. The number of anilines is 1. The number of rotatable bonds is 6. The fourth-order valence-corrected chi connectivity index (χ4v) is 2.69. The molecule has 0 fully saturated rings. The van der Waals surface area contributed by atoms with Crippen LogP contribution < -0.4 is 25.0 Å². The van der Waals surface area contributed by atoms with Gasteiger partial charge in [0.15, 0.2) is 28.1 Å². The lowest BCUT2D eigenvalue weighted by atomic mass is 10.2. The molecule has 26 heavy (non-hydrogen) atoms. The SMILES string of the molecule is COc1ccc(NC(=S)N/N=C/c2cc(Br)c(O)c(OC)c2)cc1OC. The van der Waals surface area contributed by atoms with Gasteiger partial charge in [0.25, 0.3) is 0 Å². The van der Waals surface area contributed by atoms with Crippen LogP contribution in [0.5, 0.6) is 23.0 Å². The van der Waals surface area contributed by atoms with Crippen molar-refractivity contribution in [3.63, 3.8) is 0 Å². The van der Waals surface area contributed by atoms with Crippen molar-refractivity contribution in [1.82, 2.24) is 5.43 Å². The molecule has 3 N–H and O–H groups in total. The normalized spacial score (nSPS) is 10.5. The number of halogens is 1. The topological polar surface area (TPSA) is 84.3 Å². The van der Waals surface area contributed by atoms with Crippen LogP contribution in [0.25, 0.3) is 0 Å². The van der Waals surface area contributed by atoms with Crippen LogP contribution in [0.3, 0.4) is 0 Å². The minimum atomic E-state index is 0.0308. The number of ether oxygens (including phenoxy) is 3. The molecule has 0 saturated carbocycles. The minimum absolute atomic E-state index is 0.0308. The van der Waals surface area contributed by atoms with Gasteiger partial charge in [0.2, 0.25) is 0 Å². The van der Waals surface area contributed by atoms with Crippen molar-refractivity contribution in [2.24, 2.45) is 5.10 Å². The molecule has 0 spiro atoms. The number of hydrogen-bond donors (Lipinski definition) is 3. The Labute approximate surface area is 165 Å². The van der Waals surface area contributed by atoms with Crippen LogP contribution >= 0.6 is 28.1 Å². The first kappa shape index (κ1) is 19.8. The molecule has 0 amide bonds. The average molecular weight is 440 g/mol. The summed E-state index contributed by atoms with van der Waals surface area (Å²) < 4.78 is 16.0. The van der Waals surface area contributed by atoms with E-state index in [-0.39, 0.29) is 5.75 Å². The molecular weight excluding hydrogens is 422 g/mol. The van der Waals surface area contributed by atoms with Crippen LogP contribution in [0.2, 0.25) is 0 Å². The molecule has 138 valence electrons. The number of nitrogens with one attached hydrogen (secondary N) is 2. The first-order valence-electron chi connectivity index (χ1n) is 7.37. The van der Waals surface area contributed by atoms with E-state index >= 15 is 0 Å². The number of aromatic hydroxyl groups is 1. The van der Waals surface area contributed by atoms with Gasteiger partial charge in [-0.1, -0.05) is 0 Å². The van der Waals surface area contributed by atoms with Gasteiger partial charge in [-0.2, -0.15) is 5.10 Å². The van der Waals surface area contributed by atoms with Gasteiger partial charge >= 0.3 is 0 Å². The van der Waals surface area contributed by atoms with Crippen molar-refractivity contribution in [3.05, 3.63) is 40.4 Å². The van der Waals surface area contributed by atoms with E-state index in [1.54, 1.807) is 50.8 Å². The molecule has 9 heteroatoms. The number of hydrogen-bond acceptors (Lipinski definition) is 6. The van der Waals surface area contributed by atoms with Gasteiger partial charge in [-0.25, -0.2) is 0 Å². The molecule has 0 aromatic heterocycles. The number of benzene rings is 2. The van der Waals surface area contributed by atoms with Crippen LogP contribution in [0, 0.1) is 0 Å². The second kappa shape index (κ2) is 9.25. The summed E-state index contributed by atoms with van der Waals surface area (Å²) in [6, 6.07) is 8.69. The first-order chi connectivity index (χ1) is 12.5. The zero-order valence-corrected chi connectivity index (χ0v) is 16.8. The van der Waals surface area contributed by atoms with Gasteiger partial charge in [-0.15, -0.1) is 0 Å². The maximum Gasteiger partial charge on any atom is 0.191 e. The van der Waals surface area contributed by atoms with Crippen molar-refractivity contribution in [2.45, 2.75) is 0 Å². The Hall–Kier alpha value is -2.52. The molecule has 0 atom stereocenters. The van der Waals surface area contributed by atoms with E-state index in [1.807, 2.05) is 0 Å². The highest BCUT2D eigenvalue weighted by atomic mass is 79.9. The highest BCUT2D eigenvalue weighted by Gasteiger charge is 2.08. The van der Waals surface area contributed by atoms with Crippen molar-refractivity contribution in [1.29, 1.82) is 0 Å². The predicted molar refractivity (Wildman–Crippen MR) is 109 cm³/mol. The largest absolute Gasteiger partial charge is 0.503 e. The van der Waals surface area contributed by atoms with Crippen LogP contribution in [0.4, 0.5) is 5.69 Å². The highest BCUT2D eigenvalue weighted by molar-refractivity contribution is 9.10. The Balaban J connectivity index is 2.01. The lowest BCUT2D eigenvalue weighted by molar-refractivity contribution is 0.355. The molecular formula is C17H18BrN3O4S. The molecule has 0 aliphatic carbocycles. The predicted octanol–water partition coefficient (Wildman–Crippen LogP) is 3.50. The van der Waals surface area contributed by atoms with E-state index in [0.717, 1.165) is 5.69 Å². The van der Waals surface area contributed by atoms with E-state index in [4.69, 9.17) is 26.4 Å². The molecule has 0 aliphatic heterocycles. The molecule has 0 heterocycles. The monoisotopic (exact) mass is 439 g/mol. The minimum Gasteiger partial charge on any atom is -0.503 e. The summed E-state index contributed by atoms with van der Waals surface area (Å²) in [4.78, 5) is 0. The van der Waals surface area contributed by atoms with E-state index in [0.29, 0.717) is 32.4 Å². The number of thiocarbonyl (C=S) groups is 1. The number of nitrogens with zero attached hydrogens (tertiary/aromatic N) is 1. The molecule has 0 radical (unpaired) electrons. The highest BCUT2D eigenvalue weighted by Crippen LogP contribution is 2.34. The Bertz CT molecular complexity index is 830. The summed E-state index contributed by atoms with van der Waals surface area (Å²) in [5.74, 6) is 1.58. The molecule has 2 rings (SSSR count). The lowest BCUT2D eigenvalue weighted by Gasteiger charge is -2.11. The fraction of sp³-hybridized carbons (Fsp3) is 0.176. The van der Waals surface area contributed by atoms with Gasteiger partial charge in [0.05, 0.1) is 32.0 Å². The number of phenolic OH excluding ortho intramolecular Hbond substituents is 1. The van der Waals surface area contributed by atoms with Gasteiger partial charge in [0, 0.05) is 11.8 Å². The Morgan fingerprint density at radius 2 is 1.77 bits per heavy atom. The number of methoxy groups -OCH3 is 3. The average Bonchev–Trinajstić information content (AvgIpc) is 2.64.